The second kappa shape index (κ2) is 10.8. The number of halogens is 2. The number of carboxylic acids is 1. The van der Waals surface area contributed by atoms with E-state index in [0.29, 0.717) is 31.4 Å². The molecule has 3 atom stereocenters. The highest BCUT2D eigenvalue weighted by Crippen LogP contribution is 2.39. The van der Waals surface area contributed by atoms with Crippen LogP contribution in [0, 0.1) is 5.92 Å². The molecule has 0 saturated carbocycles. The number of nitrogens with zero attached hydrogens (tertiary/aromatic N) is 2. The highest BCUT2D eigenvalue weighted by molar-refractivity contribution is 5.76. The molecule has 0 aromatic carbocycles. The van der Waals surface area contributed by atoms with Gasteiger partial charge < -0.3 is 15.7 Å². The minimum absolute atomic E-state index is 0.0948. The van der Waals surface area contributed by atoms with Crippen molar-refractivity contribution < 1.29 is 18.7 Å². The largest absolute Gasteiger partial charge is 0.480 e. The Bertz CT molecular complexity index is 933. The van der Waals surface area contributed by atoms with Crippen molar-refractivity contribution in [3.63, 3.8) is 0 Å². The minimum atomic E-state index is -2.79. The van der Waals surface area contributed by atoms with E-state index in [-0.39, 0.29) is 19.0 Å². The second-order valence-corrected chi connectivity index (χ2v) is 9.70. The van der Waals surface area contributed by atoms with Gasteiger partial charge in [0.2, 0.25) is 0 Å². The zero-order chi connectivity index (χ0) is 24.1. The average molecular weight is 475 g/mol. The van der Waals surface area contributed by atoms with Crippen LogP contribution in [-0.2, 0) is 11.2 Å². The molecule has 186 valence electrons. The first-order chi connectivity index (χ1) is 16.4. The third-order valence-electron chi connectivity index (χ3n) is 7.42. The van der Waals surface area contributed by atoms with E-state index in [4.69, 9.17) is 0 Å². The van der Waals surface area contributed by atoms with Gasteiger partial charge in [0.1, 0.15) is 11.9 Å². The van der Waals surface area contributed by atoms with Gasteiger partial charge in [0, 0.05) is 49.4 Å². The molecule has 0 amide bonds. The number of aromatic nitrogens is 1. The van der Waals surface area contributed by atoms with E-state index in [9.17, 15) is 9.90 Å². The molecule has 8 heteroatoms. The topological polar surface area (TPSA) is 77.5 Å². The van der Waals surface area contributed by atoms with Crippen molar-refractivity contribution in [2.24, 2.45) is 5.92 Å². The SMILES string of the molecule is CCc1ccncc1C(C(=O)O)N1CC[C@@H](C(F)(F)CCCCC2C=CC3=C(NCCC3)N2)C1. The molecule has 3 N–H and O–H groups in total. The van der Waals surface area contributed by atoms with Crippen LogP contribution in [0.4, 0.5) is 8.78 Å². The Kier molecular flexibility index (Phi) is 7.86. The number of nitrogens with one attached hydrogen (secondary N) is 2. The lowest BCUT2D eigenvalue weighted by Crippen LogP contribution is -2.39. The number of hydrogen-bond donors (Lipinski definition) is 3. The molecular formula is C26H36F2N4O2. The van der Waals surface area contributed by atoms with Gasteiger partial charge in [0.15, 0.2) is 0 Å². The number of hydrogen-bond acceptors (Lipinski definition) is 5. The first kappa shape index (κ1) is 24.6. The van der Waals surface area contributed by atoms with Crippen LogP contribution in [-0.4, -0.2) is 52.6 Å². The summed E-state index contributed by atoms with van der Waals surface area (Å²) in [7, 11) is 0. The molecule has 1 aromatic rings. The predicted octanol–water partition coefficient (Wildman–Crippen LogP) is 4.41. The van der Waals surface area contributed by atoms with E-state index in [0.717, 1.165) is 43.6 Å². The predicted molar refractivity (Wildman–Crippen MR) is 127 cm³/mol. The highest BCUT2D eigenvalue weighted by Gasteiger charge is 2.45. The Labute approximate surface area is 200 Å². The van der Waals surface area contributed by atoms with Gasteiger partial charge in [-0.2, -0.15) is 0 Å². The molecular weight excluding hydrogens is 438 g/mol. The van der Waals surface area contributed by atoms with Crippen LogP contribution >= 0.6 is 0 Å². The van der Waals surface area contributed by atoms with Gasteiger partial charge in [-0.05, 0) is 62.3 Å². The number of alkyl halides is 2. The fraction of sp³-hybridized carbons (Fsp3) is 0.615. The maximum Gasteiger partial charge on any atom is 0.325 e. The lowest BCUT2D eigenvalue weighted by molar-refractivity contribution is -0.143. The van der Waals surface area contributed by atoms with E-state index in [1.165, 1.54) is 5.57 Å². The van der Waals surface area contributed by atoms with E-state index >= 15 is 8.78 Å². The molecule has 1 fully saturated rings. The Morgan fingerprint density at radius 2 is 2.24 bits per heavy atom. The number of unbranched alkanes of at least 4 members (excludes halogenated alkanes) is 1. The van der Waals surface area contributed by atoms with Crippen LogP contribution in [0.15, 0.2) is 42.0 Å². The summed E-state index contributed by atoms with van der Waals surface area (Å²) in [5, 5.41) is 16.8. The normalized spacial score (nSPS) is 23.9. The number of allylic oxidation sites excluding steroid dienone is 2. The maximum atomic E-state index is 15.1. The van der Waals surface area contributed by atoms with Crippen molar-refractivity contribution in [2.45, 2.75) is 76.3 Å². The number of rotatable bonds is 10. The fourth-order valence-corrected chi connectivity index (χ4v) is 5.46. The lowest BCUT2D eigenvalue weighted by atomic mass is 9.94. The average Bonchev–Trinajstić information content (AvgIpc) is 3.33. The summed E-state index contributed by atoms with van der Waals surface area (Å²) < 4.78 is 30.1. The van der Waals surface area contributed by atoms with Gasteiger partial charge in [0.25, 0.3) is 5.92 Å². The zero-order valence-electron chi connectivity index (χ0n) is 19.9. The van der Waals surface area contributed by atoms with Crippen LogP contribution in [0.3, 0.4) is 0 Å². The van der Waals surface area contributed by atoms with Crippen LogP contribution in [0.2, 0.25) is 0 Å². The van der Waals surface area contributed by atoms with Gasteiger partial charge in [-0.25, -0.2) is 8.78 Å². The van der Waals surface area contributed by atoms with Gasteiger partial charge in [-0.15, -0.1) is 0 Å². The third kappa shape index (κ3) is 5.59. The van der Waals surface area contributed by atoms with Crippen molar-refractivity contribution in [3.8, 4) is 0 Å². The van der Waals surface area contributed by atoms with E-state index in [1.54, 1.807) is 17.3 Å². The summed E-state index contributed by atoms with van der Waals surface area (Å²) in [6, 6.07) is 1.07. The van der Waals surface area contributed by atoms with Crippen LogP contribution in [0.25, 0.3) is 0 Å². The van der Waals surface area contributed by atoms with Gasteiger partial charge in [-0.3, -0.25) is 14.7 Å². The molecule has 6 nitrogen and oxygen atoms in total. The first-order valence-corrected chi connectivity index (χ1v) is 12.6. The lowest BCUT2D eigenvalue weighted by Gasteiger charge is -2.29. The summed E-state index contributed by atoms with van der Waals surface area (Å²) in [5.74, 6) is -3.52. The minimum Gasteiger partial charge on any atom is -0.480 e. The Balaban J connectivity index is 1.27. The maximum absolute atomic E-state index is 15.1. The van der Waals surface area contributed by atoms with E-state index < -0.39 is 23.9 Å². The quantitative estimate of drug-likeness (QED) is 0.436. The molecule has 0 spiro atoms. The molecule has 2 unspecified atom stereocenters. The monoisotopic (exact) mass is 474 g/mol. The molecule has 3 aliphatic rings. The fourth-order valence-electron chi connectivity index (χ4n) is 5.46. The summed E-state index contributed by atoms with van der Waals surface area (Å²) in [5.41, 5.74) is 2.81. The first-order valence-electron chi connectivity index (χ1n) is 12.6. The number of aliphatic carboxylic acids is 1. The Hall–Kier alpha value is -2.48. The Morgan fingerprint density at radius 1 is 1.38 bits per heavy atom. The van der Waals surface area contributed by atoms with Gasteiger partial charge in [0.05, 0.1) is 0 Å². The van der Waals surface area contributed by atoms with Crippen molar-refractivity contribution in [1.29, 1.82) is 0 Å². The molecule has 4 rings (SSSR count). The number of likely N-dealkylation sites (tertiary alicyclic amines) is 1. The van der Waals surface area contributed by atoms with Crippen molar-refractivity contribution in [2.75, 3.05) is 19.6 Å². The van der Waals surface area contributed by atoms with Crippen LogP contribution < -0.4 is 10.6 Å². The molecule has 3 aliphatic heterocycles. The molecule has 0 radical (unpaired) electrons. The highest BCUT2D eigenvalue weighted by atomic mass is 19.3. The van der Waals surface area contributed by atoms with E-state index in [1.807, 2.05) is 13.0 Å². The number of carboxylic acid groups (broad SMARTS) is 1. The molecule has 4 heterocycles. The van der Waals surface area contributed by atoms with Crippen molar-refractivity contribution >= 4 is 5.97 Å². The zero-order valence-corrected chi connectivity index (χ0v) is 19.9. The molecule has 1 saturated heterocycles. The molecule has 0 aliphatic carbocycles. The van der Waals surface area contributed by atoms with Crippen molar-refractivity contribution in [3.05, 3.63) is 53.1 Å². The second-order valence-electron chi connectivity index (χ2n) is 9.70. The van der Waals surface area contributed by atoms with Crippen molar-refractivity contribution in [1.82, 2.24) is 20.5 Å². The summed E-state index contributed by atoms with van der Waals surface area (Å²) in [6.45, 7) is 3.38. The number of dihydropyridines is 1. The number of pyridine rings is 1. The van der Waals surface area contributed by atoms with Crippen LogP contribution in [0.5, 0.6) is 0 Å². The number of carbonyl (C=O) groups is 1. The molecule has 1 aromatic heterocycles. The summed E-state index contributed by atoms with van der Waals surface area (Å²) in [6.07, 6.45) is 12.6. The summed E-state index contributed by atoms with van der Waals surface area (Å²) in [4.78, 5) is 17.9. The summed E-state index contributed by atoms with van der Waals surface area (Å²) >= 11 is 0. The van der Waals surface area contributed by atoms with E-state index in [2.05, 4.69) is 27.8 Å². The molecule has 34 heavy (non-hydrogen) atoms. The Morgan fingerprint density at radius 3 is 3.03 bits per heavy atom. The molecule has 0 bridgehead atoms. The smallest absolute Gasteiger partial charge is 0.325 e. The van der Waals surface area contributed by atoms with Gasteiger partial charge >= 0.3 is 5.97 Å². The van der Waals surface area contributed by atoms with Crippen LogP contribution in [0.1, 0.15) is 69.0 Å². The standard InChI is InChI=1S/C26H36F2N4O2/c1-2-18-10-14-29-16-22(18)23(25(33)34)32-15-11-20(17-32)26(27,28)12-4-3-7-21-9-8-19-6-5-13-30-24(19)31-21/h8-10,14,16,20-21,23,30-31H,2-7,11-13,15,17H2,1H3,(H,33,34)/t20-,21?,23?/m1/s1. The third-order valence-corrected chi connectivity index (χ3v) is 7.42. The van der Waals surface area contributed by atoms with Gasteiger partial charge in [-0.1, -0.05) is 25.5 Å². The number of aryl methyl sites for hydroxylation is 1.